The van der Waals surface area contributed by atoms with Gasteiger partial charge in [-0.2, -0.15) is 0 Å². The van der Waals surface area contributed by atoms with Gasteiger partial charge in [0.05, 0.1) is 11.8 Å². The van der Waals surface area contributed by atoms with Crippen LogP contribution in [0.5, 0.6) is 5.06 Å². The second-order valence-corrected chi connectivity index (χ2v) is 5.12. The molecule has 0 N–H and O–H groups in total. The van der Waals surface area contributed by atoms with E-state index < -0.39 is 0 Å². The fourth-order valence-electron chi connectivity index (χ4n) is 1.34. The normalized spacial score (nSPS) is 10.8. The minimum atomic E-state index is 0.953. The summed E-state index contributed by atoms with van der Waals surface area (Å²) in [7, 11) is 1.70. The molecule has 74 valence electrons. The Labute approximate surface area is 96.9 Å². The van der Waals surface area contributed by atoms with Crippen LogP contribution in [-0.2, 0) is 0 Å². The van der Waals surface area contributed by atoms with E-state index in [1.807, 2.05) is 6.07 Å². The summed E-state index contributed by atoms with van der Waals surface area (Å²) in [6.45, 7) is 0. The van der Waals surface area contributed by atoms with Crippen LogP contribution in [0.15, 0.2) is 28.0 Å². The molecule has 1 heterocycles. The second kappa shape index (κ2) is 4.04. The number of rotatable bonds is 2. The van der Waals surface area contributed by atoms with E-state index in [4.69, 9.17) is 4.74 Å². The van der Waals surface area contributed by atoms with E-state index in [-0.39, 0.29) is 0 Å². The molecule has 0 radical (unpaired) electrons. The molecule has 0 aliphatic heterocycles. The van der Waals surface area contributed by atoms with E-state index in [9.17, 15) is 0 Å². The zero-order valence-electron chi connectivity index (χ0n) is 7.90. The van der Waals surface area contributed by atoms with Crippen LogP contribution in [0, 0.1) is 0 Å². The molecule has 0 saturated carbocycles. The molecule has 4 heteroatoms. The number of ether oxygens (including phenoxy) is 1. The van der Waals surface area contributed by atoms with Crippen molar-refractivity contribution in [3.63, 3.8) is 0 Å². The van der Waals surface area contributed by atoms with Gasteiger partial charge in [0.2, 0.25) is 0 Å². The summed E-state index contributed by atoms with van der Waals surface area (Å²) in [6, 6.07) is 6.17. The van der Waals surface area contributed by atoms with Crippen molar-refractivity contribution in [1.29, 1.82) is 0 Å². The maximum absolute atomic E-state index is 5.22. The predicted octanol–water partition coefficient (Wildman–Crippen LogP) is 3.92. The predicted molar refractivity (Wildman–Crippen MR) is 67.4 cm³/mol. The van der Waals surface area contributed by atoms with Crippen molar-refractivity contribution in [2.75, 3.05) is 13.4 Å². The zero-order valence-corrected chi connectivity index (χ0v) is 10.4. The molecule has 2 aromatic rings. The molecule has 0 atom stereocenters. The van der Waals surface area contributed by atoms with Gasteiger partial charge in [-0.1, -0.05) is 17.4 Å². The van der Waals surface area contributed by atoms with E-state index in [2.05, 4.69) is 31.0 Å². The SMILES string of the molecule is COc1cc2ccc(S)c(SC)c2s1. The molecule has 0 aliphatic rings. The Morgan fingerprint density at radius 1 is 1.43 bits per heavy atom. The third-order valence-electron chi connectivity index (χ3n) is 2.00. The van der Waals surface area contributed by atoms with Gasteiger partial charge in [0, 0.05) is 9.79 Å². The Morgan fingerprint density at radius 3 is 2.86 bits per heavy atom. The number of hydrogen-bond acceptors (Lipinski definition) is 4. The number of thioether (sulfide) groups is 1. The first-order valence-electron chi connectivity index (χ1n) is 4.09. The number of hydrogen-bond donors (Lipinski definition) is 1. The third-order valence-corrected chi connectivity index (χ3v) is 4.62. The van der Waals surface area contributed by atoms with E-state index in [0.717, 1.165) is 9.96 Å². The topological polar surface area (TPSA) is 9.23 Å². The maximum Gasteiger partial charge on any atom is 0.174 e. The Morgan fingerprint density at radius 2 is 2.21 bits per heavy atom. The monoisotopic (exact) mass is 242 g/mol. The second-order valence-electron chi connectivity index (χ2n) is 2.81. The first-order chi connectivity index (χ1) is 6.76. The van der Waals surface area contributed by atoms with Crippen molar-refractivity contribution < 1.29 is 4.74 Å². The summed E-state index contributed by atoms with van der Waals surface area (Å²) in [5, 5.41) is 2.18. The Balaban J connectivity index is 2.73. The first-order valence-corrected chi connectivity index (χ1v) is 6.58. The molecule has 0 bridgehead atoms. The molecule has 0 aliphatic carbocycles. The minimum Gasteiger partial charge on any atom is -0.487 e. The third kappa shape index (κ3) is 1.62. The number of fused-ring (bicyclic) bond motifs is 1. The molecule has 0 saturated heterocycles. The molecule has 2 rings (SSSR count). The Bertz CT molecular complexity index is 462. The van der Waals surface area contributed by atoms with Crippen molar-refractivity contribution in [3.8, 4) is 5.06 Å². The quantitative estimate of drug-likeness (QED) is 0.631. The average Bonchev–Trinajstić information content (AvgIpc) is 2.60. The van der Waals surface area contributed by atoms with E-state index >= 15 is 0 Å². The van der Waals surface area contributed by atoms with Crippen LogP contribution < -0.4 is 4.74 Å². The van der Waals surface area contributed by atoms with Crippen LogP contribution in [-0.4, -0.2) is 13.4 Å². The number of methoxy groups -OCH3 is 1. The molecule has 14 heavy (non-hydrogen) atoms. The minimum absolute atomic E-state index is 0.953. The molecule has 0 fully saturated rings. The molecule has 1 aromatic carbocycles. The molecule has 0 unspecified atom stereocenters. The van der Waals surface area contributed by atoms with Gasteiger partial charge in [-0.05, 0) is 23.8 Å². The van der Waals surface area contributed by atoms with Crippen molar-refractivity contribution >= 4 is 45.8 Å². The van der Waals surface area contributed by atoms with Crippen molar-refractivity contribution in [2.45, 2.75) is 9.79 Å². The van der Waals surface area contributed by atoms with E-state index in [0.29, 0.717) is 0 Å². The van der Waals surface area contributed by atoms with Gasteiger partial charge < -0.3 is 4.74 Å². The summed E-state index contributed by atoms with van der Waals surface area (Å²) in [5.41, 5.74) is 0. The largest absolute Gasteiger partial charge is 0.487 e. The molecule has 1 aromatic heterocycles. The molecule has 0 spiro atoms. The zero-order chi connectivity index (χ0) is 10.1. The molecule has 0 amide bonds. The van der Waals surface area contributed by atoms with Gasteiger partial charge >= 0.3 is 0 Å². The number of benzene rings is 1. The van der Waals surface area contributed by atoms with Gasteiger partial charge in [-0.25, -0.2) is 0 Å². The molecular weight excluding hydrogens is 232 g/mol. The number of thiophene rings is 1. The van der Waals surface area contributed by atoms with Crippen molar-refractivity contribution in [3.05, 3.63) is 18.2 Å². The summed E-state index contributed by atoms with van der Waals surface area (Å²) < 4.78 is 6.49. The van der Waals surface area contributed by atoms with E-state index in [1.54, 1.807) is 30.2 Å². The lowest BCUT2D eigenvalue weighted by atomic mass is 10.3. The molecular formula is C10H10OS3. The summed E-state index contributed by atoms with van der Waals surface area (Å²) in [6.07, 6.45) is 2.07. The number of thiol groups is 1. The highest BCUT2D eigenvalue weighted by Gasteiger charge is 2.08. The fraction of sp³-hybridized carbons (Fsp3) is 0.200. The highest BCUT2D eigenvalue weighted by molar-refractivity contribution is 7.99. The van der Waals surface area contributed by atoms with Crippen LogP contribution in [0.25, 0.3) is 10.1 Å². The van der Waals surface area contributed by atoms with Crippen LogP contribution in [0.3, 0.4) is 0 Å². The van der Waals surface area contributed by atoms with Crippen LogP contribution in [0.4, 0.5) is 0 Å². The van der Waals surface area contributed by atoms with Crippen molar-refractivity contribution in [1.82, 2.24) is 0 Å². The summed E-state index contributed by atoms with van der Waals surface area (Å²) >= 11 is 7.84. The highest BCUT2D eigenvalue weighted by atomic mass is 32.2. The van der Waals surface area contributed by atoms with Crippen molar-refractivity contribution in [2.24, 2.45) is 0 Å². The lowest BCUT2D eigenvalue weighted by molar-refractivity contribution is 0.427. The highest BCUT2D eigenvalue weighted by Crippen LogP contribution is 2.40. The van der Waals surface area contributed by atoms with Crippen LogP contribution >= 0.6 is 35.7 Å². The maximum atomic E-state index is 5.22. The smallest absolute Gasteiger partial charge is 0.174 e. The average molecular weight is 242 g/mol. The van der Waals surface area contributed by atoms with Gasteiger partial charge in [0.15, 0.2) is 5.06 Å². The summed E-state index contributed by atoms with van der Waals surface area (Å²) in [4.78, 5) is 2.27. The first kappa shape index (κ1) is 10.2. The Hall–Kier alpha value is -0.320. The lowest BCUT2D eigenvalue weighted by Crippen LogP contribution is -1.73. The van der Waals surface area contributed by atoms with Crippen LogP contribution in [0.2, 0.25) is 0 Å². The van der Waals surface area contributed by atoms with E-state index in [1.165, 1.54) is 15.0 Å². The van der Waals surface area contributed by atoms with Gasteiger partial charge in [-0.3, -0.25) is 0 Å². The Kier molecular flexibility index (Phi) is 2.95. The van der Waals surface area contributed by atoms with Gasteiger partial charge in [0.1, 0.15) is 0 Å². The lowest BCUT2D eigenvalue weighted by Gasteiger charge is -2.01. The van der Waals surface area contributed by atoms with Gasteiger partial charge in [0.25, 0.3) is 0 Å². The van der Waals surface area contributed by atoms with Gasteiger partial charge in [-0.15, -0.1) is 24.4 Å². The summed E-state index contributed by atoms with van der Waals surface area (Å²) in [5.74, 6) is 0. The standard InChI is InChI=1S/C10H10OS3/c1-11-8-5-6-3-4-7(12)10(13-2)9(6)14-8/h3-5,12H,1-2H3. The van der Waals surface area contributed by atoms with Crippen LogP contribution in [0.1, 0.15) is 0 Å². The fourth-order valence-corrected chi connectivity index (χ4v) is 3.75. The molecule has 1 nitrogen and oxygen atoms in total.